The monoisotopic (exact) mass is 747 g/mol. The van der Waals surface area contributed by atoms with Crippen molar-refractivity contribution in [3.8, 4) is 0 Å². The van der Waals surface area contributed by atoms with Crippen LogP contribution in [0.4, 0.5) is 10.6 Å². The third kappa shape index (κ3) is 8.30. The molecule has 0 aromatic carbocycles. The molecule has 18 heteroatoms. The molecule has 5 atom stereocenters. The molecule has 3 aliphatic rings. The van der Waals surface area contributed by atoms with Crippen LogP contribution in [-0.4, -0.2) is 112 Å². The van der Waals surface area contributed by atoms with Gasteiger partial charge < -0.3 is 42.6 Å². The summed E-state index contributed by atoms with van der Waals surface area (Å²) in [5.74, 6) is -0.682. The highest BCUT2D eigenvalue weighted by molar-refractivity contribution is 7.55. The Bertz CT molecular complexity index is 1520. The first-order valence-electron chi connectivity index (χ1n) is 17.2. The third-order valence-corrected chi connectivity index (χ3v) is 11.4. The smallest absolute Gasteiger partial charge is 0.416 e. The molecular weight excluding hydrogens is 697 g/mol. The SMILES string of the molecule is CCOP(=O)(OCC)C(C)(COCCO)OC[C@H]1O[C@@H](n2ncc3c(N(C(=O)OC(C)(C)C)C4CCCC4)nc(Cl)nc32)[C@@H]2OC(C)(C)O[C@@H]21. The van der Waals surface area contributed by atoms with Crippen LogP contribution in [0, 0.1) is 0 Å². The standard InChI is InChI=1S/C32H51ClN5O11P/c1-9-44-50(41,45-10-2)32(8,19-42-16-15-39)43-18-22-23-24(48-31(6,7)47-23)27(46-22)38-26-21(17-34-38)25(35-28(33)36-26)37(20-13-11-12-14-20)29(40)49-30(3,4)5/h17,20,22-24,27,39H,9-16,18-19H2,1-8H3/t22-,23-,24-,27-,32?/m1/s1. The Labute approximate surface area is 297 Å². The van der Waals surface area contributed by atoms with E-state index in [2.05, 4.69) is 15.1 Å². The van der Waals surface area contributed by atoms with Crippen molar-refractivity contribution in [2.75, 3.05) is 44.5 Å². The lowest BCUT2D eigenvalue weighted by molar-refractivity contribution is -0.207. The van der Waals surface area contributed by atoms with E-state index in [-0.39, 0.29) is 51.0 Å². The number of carbonyl (C=O) groups excluding carboxylic acids is 1. The highest BCUT2D eigenvalue weighted by atomic mass is 35.5. The Kier molecular flexibility index (Phi) is 12.2. The van der Waals surface area contributed by atoms with Crippen molar-refractivity contribution >= 4 is 42.1 Å². The maximum atomic E-state index is 14.0. The predicted octanol–water partition coefficient (Wildman–Crippen LogP) is 5.59. The van der Waals surface area contributed by atoms with Gasteiger partial charge >= 0.3 is 13.7 Å². The summed E-state index contributed by atoms with van der Waals surface area (Å²) in [6, 6.07) is -0.136. The summed E-state index contributed by atoms with van der Waals surface area (Å²) in [5.41, 5.74) is -0.408. The summed E-state index contributed by atoms with van der Waals surface area (Å²) in [5, 5.41) is 12.8. The van der Waals surface area contributed by atoms with E-state index in [0.29, 0.717) is 16.9 Å². The number of anilines is 1. The van der Waals surface area contributed by atoms with E-state index in [1.165, 1.54) is 0 Å². The van der Waals surface area contributed by atoms with Gasteiger partial charge in [-0.15, -0.1) is 0 Å². The molecule has 2 aromatic rings. The zero-order chi connectivity index (χ0) is 36.5. The molecule has 0 radical (unpaired) electrons. The first kappa shape index (κ1) is 39.2. The Balaban J connectivity index is 1.48. The average molecular weight is 748 g/mol. The van der Waals surface area contributed by atoms with Gasteiger partial charge in [0.1, 0.15) is 23.9 Å². The molecule has 5 rings (SSSR count). The molecule has 2 aliphatic heterocycles. The highest BCUT2D eigenvalue weighted by Crippen LogP contribution is 2.61. The first-order valence-corrected chi connectivity index (χ1v) is 19.1. The van der Waals surface area contributed by atoms with Gasteiger partial charge in [0, 0.05) is 6.04 Å². The molecule has 1 aliphatic carbocycles. The molecule has 1 N–H and O–H groups in total. The molecule has 1 amide bonds. The number of nitrogens with zero attached hydrogens (tertiary/aromatic N) is 5. The van der Waals surface area contributed by atoms with E-state index >= 15 is 0 Å². The van der Waals surface area contributed by atoms with Crippen molar-refractivity contribution in [3.05, 3.63) is 11.5 Å². The van der Waals surface area contributed by atoms with Crippen molar-refractivity contribution in [2.45, 2.75) is 128 Å². The molecule has 0 spiro atoms. The minimum atomic E-state index is -3.89. The van der Waals surface area contributed by atoms with Crippen LogP contribution >= 0.6 is 19.2 Å². The summed E-state index contributed by atoms with van der Waals surface area (Å²) in [7, 11) is -3.89. The Morgan fingerprint density at radius 2 is 1.78 bits per heavy atom. The quantitative estimate of drug-likeness (QED) is 0.136. The Hall–Kier alpha value is -1.98. The van der Waals surface area contributed by atoms with Crippen molar-refractivity contribution in [1.82, 2.24) is 19.7 Å². The van der Waals surface area contributed by atoms with Crippen molar-refractivity contribution < 1.29 is 51.9 Å². The molecule has 16 nitrogen and oxygen atoms in total. The fraction of sp³-hybridized carbons (Fsp3) is 0.812. The lowest BCUT2D eigenvalue weighted by Crippen LogP contribution is -2.43. The molecule has 1 saturated carbocycles. The normalized spacial score (nSPS) is 25.2. The zero-order valence-electron chi connectivity index (χ0n) is 30.1. The number of hydrogen-bond donors (Lipinski definition) is 1. The fourth-order valence-electron chi connectivity index (χ4n) is 6.56. The average Bonchev–Trinajstić information content (AvgIpc) is 3.80. The Morgan fingerprint density at radius 3 is 2.40 bits per heavy atom. The number of aromatic nitrogens is 4. The van der Waals surface area contributed by atoms with E-state index in [9.17, 15) is 14.5 Å². The number of hydrogen-bond acceptors (Lipinski definition) is 14. The minimum absolute atomic E-state index is 0.0000765. The molecule has 2 aromatic heterocycles. The van der Waals surface area contributed by atoms with Crippen LogP contribution < -0.4 is 4.90 Å². The van der Waals surface area contributed by atoms with Crippen molar-refractivity contribution in [1.29, 1.82) is 0 Å². The second-order valence-corrected chi connectivity index (χ2v) is 17.0. The van der Waals surface area contributed by atoms with E-state index in [1.807, 2.05) is 20.8 Å². The topological polar surface area (TPSA) is 175 Å². The number of ether oxygens (including phenoxy) is 6. The number of halogens is 1. The summed E-state index contributed by atoms with van der Waals surface area (Å²) in [6.07, 6.45) is 1.66. The predicted molar refractivity (Wildman–Crippen MR) is 182 cm³/mol. The first-order chi connectivity index (χ1) is 23.5. The van der Waals surface area contributed by atoms with Crippen LogP contribution in [0.3, 0.4) is 0 Å². The van der Waals surface area contributed by atoms with Crippen molar-refractivity contribution in [2.24, 2.45) is 0 Å². The number of fused-ring (bicyclic) bond motifs is 2. The lowest BCUT2D eigenvalue weighted by Gasteiger charge is -2.36. The van der Waals surface area contributed by atoms with Gasteiger partial charge in [0.15, 0.2) is 28.8 Å². The third-order valence-electron chi connectivity index (χ3n) is 8.62. The second-order valence-electron chi connectivity index (χ2n) is 14.2. The minimum Gasteiger partial charge on any atom is -0.443 e. The van der Waals surface area contributed by atoms with Gasteiger partial charge in [-0.05, 0) is 79.8 Å². The van der Waals surface area contributed by atoms with E-state index in [1.54, 1.807) is 50.4 Å². The van der Waals surface area contributed by atoms with Gasteiger partial charge in [-0.2, -0.15) is 15.1 Å². The fourth-order valence-corrected chi connectivity index (χ4v) is 8.51. The van der Waals surface area contributed by atoms with Gasteiger partial charge in [0.25, 0.3) is 0 Å². The molecule has 282 valence electrons. The van der Waals surface area contributed by atoms with Crippen LogP contribution in [0.5, 0.6) is 0 Å². The molecule has 0 bridgehead atoms. The van der Waals surface area contributed by atoms with E-state index in [4.69, 9.17) is 49.1 Å². The number of amides is 1. The van der Waals surface area contributed by atoms with Crippen LogP contribution in [-0.2, 0) is 42.0 Å². The number of rotatable bonds is 15. The number of aliphatic hydroxyl groups excluding tert-OH is 1. The second kappa shape index (κ2) is 15.6. The van der Waals surface area contributed by atoms with Crippen LogP contribution in [0.1, 0.15) is 87.3 Å². The summed E-state index contributed by atoms with van der Waals surface area (Å²) >= 11 is 6.54. The van der Waals surface area contributed by atoms with Gasteiger partial charge in [0.2, 0.25) is 5.28 Å². The molecular formula is C32H51ClN5O11P. The molecule has 2 saturated heterocycles. The Morgan fingerprint density at radius 1 is 1.12 bits per heavy atom. The lowest BCUT2D eigenvalue weighted by atomic mass is 10.1. The van der Waals surface area contributed by atoms with Gasteiger partial charge in [-0.1, -0.05) is 12.8 Å². The summed E-state index contributed by atoms with van der Waals surface area (Å²) in [4.78, 5) is 24.3. The van der Waals surface area contributed by atoms with Crippen LogP contribution in [0.25, 0.3) is 11.0 Å². The number of carbonyl (C=O) groups is 1. The van der Waals surface area contributed by atoms with E-state index in [0.717, 1.165) is 25.7 Å². The molecule has 3 fully saturated rings. The van der Waals surface area contributed by atoms with Gasteiger partial charge in [-0.3, -0.25) is 9.46 Å². The maximum absolute atomic E-state index is 14.0. The zero-order valence-corrected chi connectivity index (χ0v) is 31.8. The van der Waals surface area contributed by atoms with Crippen LogP contribution in [0.15, 0.2) is 6.20 Å². The van der Waals surface area contributed by atoms with Gasteiger partial charge in [-0.25, -0.2) is 9.48 Å². The molecule has 4 heterocycles. The molecule has 1 unspecified atom stereocenters. The van der Waals surface area contributed by atoms with E-state index < -0.39 is 55.0 Å². The highest BCUT2D eigenvalue weighted by Gasteiger charge is 2.58. The largest absolute Gasteiger partial charge is 0.443 e. The summed E-state index contributed by atoms with van der Waals surface area (Å²) in [6.45, 7) is 13.7. The maximum Gasteiger partial charge on any atom is 0.416 e. The van der Waals surface area contributed by atoms with Crippen molar-refractivity contribution in [3.63, 3.8) is 0 Å². The number of aliphatic hydroxyl groups is 1. The summed E-state index contributed by atoms with van der Waals surface area (Å²) < 4.78 is 63.8. The molecule has 50 heavy (non-hydrogen) atoms. The van der Waals surface area contributed by atoms with Gasteiger partial charge in [0.05, 0.1) is 51.2 Å². The van der Waals surface area contributed by atoms with Crippen LogP contribution in [0.2, 0.25) is 5.28 Å².